The average Bonchev–Trinajstić information content (AvgIpc) is 2.84. The first kappa shape index (κ1) is 15.4. The van der Waals surface area contributed by atoms with Gasteiger partial charge in [-0.25, -0.2) is 9.37 Å². The summed E-state index contributed by atoms with van der Waals surface area (Å²) in [4.78, 5) is 18.8. The molecule has 0 aliphatic carbocycles. The van der Waals surface area contributed by atoms with Crippen LogP contribution in [0.1, 0.15) is 16.8 Å². The summed E-state index contributed by atoms with van der Waals surface area (Å²) in [6.07, 6.45) is 2.54. The summed E-state index contributed by atoms with van der Waals surface area (Å²) in [5.41, 5.74) is 1.06. The highest BCUT2D eigenvalue weighted by molar-refractivity contribution is 5.99. The summed E-state index contributed by atoms with van der Waals surface area (Å²) in [7, 11) is 0. The number of hydrogen-bond acceptors (Lipinski definition) is 4. The number of carbonyl (C=O) groups is 1. The topological polar surface area (TPSA) is 57.3 Å². The second kappa shape index (κ2) is 7.19. The van der Waals surface area contributed by atoms with Crippen LogP contribution in [0.2, 0.25) is 0 Å². The van der Waals surface area contributed by atoms with Crippen molar-refractivity contribution in [2.45, 2.75) is 6.42 Å². The van der Waals surface area contributed by atoms with E-state index in [0.717, 1.165) is 26.1 Å². The Bertz CT molecular complexity index is 684. The van der Waals surface area contributed by atoms with E-state index in [1.54, 1.807) is 30.5 Å². The smallest absolute Gasteiger partial charge is 0.257 e. The number of amides is 1. The van der Waals surface area contributed by atoms with Crippen LogP contribution in [0.25, 0.3) is 0 Å². The van der Waals surface area contributed by atoms with E-state index in [1.165, 1.54) is 12.1 Å². The maximum atomic E-state index is 13.3. The van der Waals surface area contributed by atoms with Gasteiger partial charge in [-0.05, 0) is 43.3 Å². The molecule has 6 heteroatoms. The van der Waals surface area contributed by atoms with Gasteiger partial charge >= 0.3 is 0 Å². The molecule has 0 radical (unpaired) electrons. The predicted molar refractivity (Wildman–Crippen MR) is 87.3 cm³/mol. The minimum atomic E-state index is -0.336. The number of carbonyl (C=O) groups excluding carboxylic acids is 1. The first-order chi connectivity index (χ1) is 11.2. The third-order valence-corrected chi connectivity index (χ3v) is 3.75. The third-order valence-electron chi connectivity index (χ3n) is 3.75. The molecule has 0 spiro atoms. The van der Waals surface area contributed by atoms with Crippen LogP contribution in [0.3, 0.4) is 0 Å². The molecule has 2 aromatic rings. The molecule has 1 aliphatic rings. The zero-order valence-corrected chi connectivity index (χ0v) is 12.8. The number of anilines is 2. The lowest BCUT2D eigenvalue weighted by Gasteiger charge is -2.21. The Morgan fingerprint density at radius 1 is 1.22 bits per heavy atom. The minimum Gasteiger partial charge on any atom is -0.339 e. The Balaban J connectivity index is 1.83. The number of rotatable bonds is 3. The van der Waals surface area contributed by atoms with Gasteiger partial charge in [0.2, 0.25) is 0 Å². The highest BCUT2D eigenvalue weighted by Gasteiger charge is 2.20. The van der Waals surface area contributed by atoms with E-state index >= 15 is 0 Å². The van der Waals surface area contributed by atoms with E-state index in [9.17, 15) is 9.18 Å². The highest BCUT2D eigenvalue weighted by atomic mass is 19.1. The van der Waals surface area contributed by atoms with Crippen molar-refractivity contribution in [3.63, 3.8) is 0 Å². The van der Waals surface area contributed by atoms with E-state index < -0.39 is 0 Å². The second-order valence-corrected chi connectivity index (χ2v) is 5.43. The van der Waals surface area contributed by atoms with Gasteiger partial charge < -0.3 is 15.5 Å². The molecule has 120 valence electrons. The Morgan fingerprint density at radius 2 is 2.13 bits per heavy atom. The molecule has 23 heavy (non-hydrogen) atoms. The lowest BCUT2D eigenvalue weighted by Crippen LogP contribution is -2.34. The molecule has 2 N–H and O–H groups in total. The molecule has 0 bridgehead atoms. The second-order valence-electron chi connectivity index (χ2n) is 5.43. The highest BCUT2D eigenvalue weighted by Crippen LogP contribution is 2.20. The van der Waals surface area contributed by atoms with E-state index in [0.29, 0.717) is 23.6 Å². The van der Waals surface area contributed by atoms with Crippen molar-refractivity contribution in [3.8, 4) is 0 Å². The molecule has 1 saturated heterocycles. The Morgan fingerprint density at radius 3 is 3.00 bits per heavy atom. The molecule has 1 amide bonds. The van der Waals surface area contributed by atoms with Crippen LogP contribution in [0.5, 0.6) is 0 Å². The molecule has 1 fully saturated rings. The molecule has 3 rings (SSSR count). The maximum absolute atomic E-state index is 13.3. The molecule has 2 heterocycles. The van der Waals surface area contributed by atoms with Gasteiger partial charge in [-0.15, -0.1) is 0 Å². The van der Waals surface area contributed by atoms with Crippen molar-refractivity contribution < 1.29 is 9.18 Å². The Labute approximate surface area is 134 Å². The number of nitrogens with one attached hydrogen (secondary N) is 2. The predicted octanol–water partition coefficient (Wildman–Crippen LogP) is 2.40. The van der Waals surface area contributed by atoms with Crippen molar-refractivity contribution in [2.75, 3.05) is 31.5 Å². The number of pyridine rings is 1. The lowest BCUT2D eigenvalue weighted by atomic mass is 10.2. The van der Waals surface area contributed by atoms with Gasteiger partial charge in [-0.2, -0.15) is 0 Å². The van der Waals surface area contributed by atoms with E-state index in [-0.39, 0.29) is 11.7 Å². The van der Waals surface area contributed by atoms with Crippen LogP contribution < -0.4 is 10.6 Å². The van der Waals surface area contributed by atoms with Crippen molar-refractivity contribution in [3.05, 3.63) is 54.0 Å². The zero-order valence-electron chi connectivity index (χ0n) is 12.8. The van der Waals surface area contributed by atoms with Gasteiger partial charge in [-0.1, -0.05) is 6.07 Å². The van der Waals surface area contributed by atoms with Crippen molar-refractivity contribution in [2.24, 2.45) is 0 Å². The number of benzene rings is 1. The minimum absolute atomic E-state index is 0.0549. The lowest BCUT2D eigenvalue weighted by molar-refractivity contribution is 0.0767. The van der Waals surface area contributed by atoms with Gasteiger partial charge in [0.25, 0.3) is 5.91 Å². The standard InChI is InChI=1S/C17H19FN4O/c18-13-4-1-5-14(12-13)21-16-15(6-2-8-20-16)17(23)22-10-3-7-19-9-11-22/h1-2,4-6,8,12,19H,3,7,9-11H2,(H,20,21). The molecule has 0 saturated carbocycles. The molecule has 5 nitrogen and oxygen atoms in total. The van der Waals surface area contributed by atoms with Crippen molar-refractivity contribution in [1.82, 2.24) is 15.2 Å². The fraction of sp³-hybridized carbons (Fsp3) is 0.294. The summed E-state index contributed by atoms with van der Waals surface area (Å²) in [6.45, 7) is 3.11. The molecule has 1 aromatic heterocycles. The van der Waals surface area contributed by atoms with Gasteiger partial charge in [0, 0.05) is 31.5 Å². The maximum Gasteiger partial charge on any atom is 0.257 e. The summed E-state index contributed by atoms with van der Waals surface area (Å²) in [5.74, 6) is 0.0541. The van der Waals surface area contributed by atoms with Crippen LogP contribution in [-0.4, -0.2) is 42.0 Å². The van der Waals surface area contributed by atoms with Gasteiger partial charge in [0.1, 0.15) is 11.6 Å². The fourth-order valence-corrected chi connectivity index (χ4v) is 2.60. The SMILES string of the molecule is O=C(c1cccnc1Nc1cccc(F)c1)N1CCCNCC1. The summed E-state index contributed by atoms with van der Waals surface area (Å²) in [5, 5.41) is 6.31. The monoisotopic (exact) mass is 314 g/mol. The molecular weight excluding hydrogens is 295 g/mol. The van der Waals surface area contributed by atoms with E-state index in [4.69, 9.17) is 0 Å². The fourth-order valence-electron chi connectivity index (χ4n) is 2.60. The summed E-state index contributed by atoms with van der Waals surface area (Å²) in [6, 6.07) is 9.58. The van der Waals surface area contributed by atoms with Crippen molar-refractivity contribution >= 4 is 17.4 Å². The van der Waals surface area contributed by atoms with Crippen LogP contribution in [0, 0.1) is 5.82 Å². The number of halogens is 1. The molecule has 1 aromatic carbocycles. The normalized spacial score (nSPS) is 15.1. The number of hydrogen-bond donors (Lipinski definition) is 2. The molecule has 1 aliphatic heterocycles. The van der Waals surface area contributed by atoms with Gasteiger partial charge in [0.15, 0.2) is 0 Å². The molecular formula is C17H19FN4O. The first-order valence-corrected chi connectivity index (χ1v) is 7.71. The van der Waals surface area contributed by atoms with Crippen LogP contribution in [0.15, 0.2) is 42.6 Å². The van der Waals surface area contributed by atoms with Gasteiger partial charge in [-0.3, -0.25) is 4.79 Å². The average molecular weight is 314 g/mol. The summed E-state index contributed by atoms with van der Waals surface area (Å²) < 4.78 is 13.3. The van der Waals surface area contributed by atoms with Crippen LogP contribution >= 0.6 is 0 Å². The van der Waals surface area contributed by atoms with Crippen LogP contribution in [0.4, 0.5) is 15.9 Å². The van der Waals surface area contributed by atoms with Crippen molar-refractivity contribution in [1.29, 1.82) is 0 Å². The number of aromatic nitrogens is 1. The Kier molecular flexibility index (Phi) is 4.83. The zero-order chi connectivity index (χ0) is 16.1. The first-order valence-electron chi connectivity index (χ1n) is 7.71. The van der Waals surface area contributed by atoms with E-state index in [2.05, 4.69) is 15.6 Å². The largest absolute Gasteiger partial charge is 0.339 e. The van der Waals surface area contributed by atoms with Gasteiger partial charge in [0.05, 0.1) is 5.56 Å². The molecule has 0 unspecified atom stereocenters. The summed E-state index contributed by atoms with van der Waals surface area (Å²) >= 11 is 0. The Hall–Kier alpha value is -2.47. The van der Waals surface area contributed by atoms with E-state index in [1.807, 2.05) is 4.90 Å². The van der Waals surface area contributed by atoms with Crippen LogP contribution in [-0.2, 0) is 0 Å². The number of nitrogens with zero attached hydrogens (tertiary/aromatic N) is 2. The third kappa shape index (κ3) is 3.84. The quantitative estimate of drug-likeness (QED) is 0.913. The molecule has 0 atom stereocenters.